The predicted molar refractivity (Wildman–Crippen MR) is 58.6 cm³/mol. The van der Waals surface area contributed by atoms with Crippen molar-refractivity contribution in [3.8, 4) is 11.6 Å². The lowest BCUT2D eigenvalue weighted by Gasteiger charge is -1.97. The maximum absolute atomic E-state index is 5.67. The predicted octanol–water partition coefficient (Wildman–Crippen LogP) is 0.668. The molecule has 6 nitrogen and oxygen atoms in total. The van der Waals surface area contributed by atoms with E-state index < -0.39 is 0 Å². The molecule has 2 aromatic heterocycles. The third kappa shape index (κ3) is 2.11. The van der Waals surface area contributed by atoms with Crippen molar-refractivity contribution >= 4 is 0 Å². The lowest BCUT2D eigenvalue weighted by molar-refractivity contribution is 0.417. The maximum atomic E-state index is 5.67. The molecule has 2 rings (SSSR count). The first kappa shape index (κ1) is 10.8. The molecule has 0 aromatic carbocycles. The second-order valence-corrected chi connectivity index (χ2v) is 3.99. The average Bonchev–Trinajstić information content (AvgIpc) is 2.72. The largest absolute Gasteiger partial charge is 0.332 e. The SMILES string of the molecule is Cc1cc(-c2nc(CC(C)N)no2)n(C)n1. The van der Waals surface area contributed by atoms with Crippen LogP contribution in [0.25, 0.3) is 11.6 Å². The van der Waals surface area contributed by atoms with Crippen LogP contribution in [0.5, 0.6) is 0 Å². The number of rotatable bonds is 3. The van der Waals surface area contributed by atoms with E-state index >= 15 is 0 Å². The molecule has 0 fully saturated rings. The number of nitrogens with zero attached hydrogens (tertiary/aromatic N) is 4. The van der Waals surface area contributed by atoms with Crippen LogP contribution in [0.2, 0.25) is 0 Å². The molecular weight excluding hydrogens is 206 g/mol. The Bertz CT molecular complexity index is 485. The third-order valence-corrected chi connectivity index (χ3v) is 2.19. The highest BCUT2D eigenvalue weighted by atomic mass is 16.5. The second kappa shape index (κ2) is 4.05. The number of hydrogen-bond acceptors (Lipinski definition) is 5. The molecule has 0 aliphatic carbocycles. The van der Waals surface area contributed by atoms with Gasteiger partial charge in [-0.3, -0.25) is 4.68 Å². The van der Waals surface area contributed by atoms with Crippen molar-refractivity contribution in [3.63, 3.8) is 0 Å². The van der Waals surface area contributed by atoms with Crippen LogP contribution in [0.4, 0.5) is 0 Å². The van der Waals surface area contributed by atoms with E-state index in [1.807, 2.05) is 27.0 Å². The molecule has 0 saturated heterocycles. The minimum Gasteiger partial charge on any atom is -0.332 e. The Morgan fingerprint density at radius 3 is 2.88 bits per heavy atom. The van der Waals surface area contributed by atoms with Gasteiger partial charge in [0, 0.05) is 19.5 Å². The fourth-order valence-electron chi connectivity index (χ4n) is 1.54. The van der Waals surface area contributed by atoms with E-state index in [0.29, 0.717) is 18.1 Å². The quantitative estimate of drug-likeness (QED) is 0.823. The first-order chi connectivity index (χ1) is 7.56. The molecule has 0 spiro atoms. The van der Waals surface area contributed by atoms with Gasteiger partial charge in [0.05, 0.1) is 5.69 Å². The summed E-state index contributed by atoms with van der Waals surface area (Å²) in [6.07, 6.45) is 0.611. The second-order valence-electron chi connectivity index (χ2n) is 3.99. The summed E-state index contributed by atoms with van der Waals surface area (Å²) < 4.78 is 6.89. The van der Waals surface area contributed by atoms with Crippen LogP contribution >= 0.6 is 0 Å². The molecule has 6 heteroatoms. The van der Waals surface area contributed by atoms with Crippen LogP contribution in [0.15, 0.2) is 10.6 Å². The summed E-state index contributed by atoms with van der Waals surface area (Å²) in [5.74, 6) is 1.11. The van der Waals surface area contributed by atoms with E-state index in [-0.39, 0.29) is 6.04 Å². The standard InChI is InChI=1S/C10H15N5O/c1-6(11)4-9-12-10(16-14-9)8-5-7(2)13-15(8)3/h5-6H,4,11H2,1-3H3. The third-order valence-electron chi connectivity index (χ3n) is 2.19. The Morgan fingerprint density at radius 2 is 2.31 bits per heavy atom. The summed E-state index contributed by atoms with van der Waals surface area (Å²) in [6, 6.07) is 1.93. The number of hydrogen-bond donors (Lipinski definition) is 1. The summed E-state index contributed by atoms with van der Waals surface area (Å²) in [5.41, 5.74) is 7.41. The van der Waals surface area contributed by atoms with Crippen LogP contribution in [0.1, 0.15) is 18.4 Å². The minimum absolute atomic E-state index is 0.0266. The fourth-order valence-corrected chi connectivity index (χ4v) is 1.54. The number of nitrogens with two attached hydrogens (primary N) is 1. The zero-order chi connectivity index (χ0) is 11.7. The van der Waals surface area contributed by atoms with Crippen molar-refractivity contribution in [1.29, 1.82) is 0 Å². The van der Waals surface area contributed by atoms with Crippen molar-refractivity contribution < 1.29 is 4.52 Å². The zero-order valence-corrected chi connectivity index (χ0v) is 9.64. The zero-order valence-electron chi connectivity index (χ0n) is 9.64. The molecule has 0 bridgehead atoms. The van der Waals surface area contributed by atoms with E-state index in [1.54, 1.807) is 4.68 Å². The van der Waals surface area contributed by atoms with Gasteiger partial charge in [-0.15, -0.1) is 0 Å². The molecule has 0 aliphatic rings. The van der Waals surface area contributed by atoms with Gasteiger partial charge in [0.15, 0.2) is 5.82 Å². The number of aromatic nitrogens is 4. The van der Waals surface area contributed by atoms with Crippen molar-refractivity contribution in [2.45, 2.75) is 26.3 Å². The van der Waals surface area contributed by atoms with Crippen molar-refractivity contribution in [3.05, 3.63) is 17.6 Å². The first-order valence-electron chi connectivity index (χ1n) is 5.15. The molecule has 1 atom stereocenters. The Balaban J connectivity index is 2.28. The topological polar surface area (TPSA) is 82.8 Å². The molecule has 16 heavy (non-hydrogen) atoms. The van der Waals surface area contributed by atoms with Crippen LogP contribution in [0.3, 0.4) is 0 Å². The van der Waals surface area contributed by atoms with Gasteiger partial charge in [-0.1, -0.05) is 5.16 Å². The van der Waals surface area contributed by atoms with E-state index in [0.717, 1.165) is 11.4 Å². The summed E-state index contributed by atoms with van der Waals surface area (Å²) >= 11 is 0. The van der Waals surface area contributed by atoms with Crippen molar-refractivity contribution in [2.75, 3.05) is 0 Å². The van der Waals surface area contributed by atoms with E-state index in [4.69, 9.17) is 10.3 Å². The van der Waals surface area contributed by atoms with Gasteiger partial charge in [-0.05, 0) is 19.9 Å². The van der Waals surface area contributed by atoms with Crippen molar-refractivity contribution in [2.24, 2.45) is 12.8 Å². The Kier molecular flexibility index (Phi) is 2.74. The highest BCUT2D eigenvalue weighted by molar-refractivity contribution is 5.47. The monoisotopic (exact) mass is 221 g/mol. The molecule has 0 saturated carbocycles. The molecule has 2 heterocycles. The van der Waals surface area contributed by atoms with E-state index in [1.165, 1.54) is 0 Å². The van der Waals surface area contributed by atoms with Gasteiger partial charge >= 0.3 is 0 Å². The first-order valence-corrected chi connectivity index (χ1v) is 5.15. The summed E-state index contributed by atoms with van der Waals surface area (Å²) in [7, 11) is 1.85. The minimum atomic E-state index is 0.0266. The van der Waals surface area contributed by atoms with Gasteiger partial charge in [0.2, 0.25) is 0 Å². The van der Waals surface area contributed by atoms with Gasteiger partial charge in [-0.2, -0.15) is 10.1 Å². The molecular formula is C10H15N5O. The highest BCUT2D eigenvalue weighted by Crippen LogP contribution is 2.17. The van der Waals surface area contributed by atoms with E-state index in [9.17, 15) is 0 Å². The molecule has 0 aliphatic heterocycles. The normalized spacial score (nSPS) is 13.0. The smallest absolute Gasteiger partial charge is 0.276 e. The average molecular weight is 221 g/mol. The summed E-state index contributed by atoms with van der Waals surface area (Å²) in [6.45, 7) is 3.83. The van der Waals surface area contributed by atoms with Gasteiger partial charge in [0.1, 0.15) is 5.69 Å². The van der Waals surface area contributed by atoms with Crippen LogP contribution < -0.4 is 5.73 Å². The number of aryl methyl sites for hydroxylation is 2. The van der Waals surface area contributed by atoms with Crippen LogP contribution in [-0.4, -0.2) is 26.0 Å². The van der Waals surface area contributed by atoms with Gasteiger partial charge < -0.3 is 10.3 Å². The van der Waals surface area contributed by atoms with E-state index in [2.05, 4.69) is 15.2 Å². The fraction of sp³-hybridized carbons (Fsp3) is 0.500. The van der Waals surface area contributed by atoms with Gasteiger partial charge in [0.25, 0.3) is 5.89 Å². The molecule has 0 radical (unpaired) electrons. The van der Waals surface area contributed by atoms with Crippen molar-refractivity contribution in [1.82, 2.24) is 19.9 Å². The Hall–Kier alpha value is -1.69. The van der Waals surface area contributed by atoms with Gasteiger partial charge in [-0.25, -0.2) is 0 Å². The Labute approximate surface area is 93.4 Å². The van der Waals surface area contributed by atoms with Crippen LogP contribution in [0, 0.1) is 6.92 Å². The molecule has 86 valence electrons. The Morgan fingerprint density at radius 1 is 1.56 bits per heavy atom. The molecule has 1 unspecified atom stereocenters. The molecule has 2 aromatic rings. The summed E-state index contributed by atoms with van der Waals surface area (Å²) in [5, 5.41) is 8.10. The molecule has 0 amide bonds. The van der Waals surface area contributed by atoms with Crippen LogP contribution in [-0.2, 0) is 13.5 Å². The highest BCUT2D eigenvalue weighted by Gasteiger charge is 2.13. The lowest BCUT2D eigenvalue weighted by Crippen LogP contribution is -2.18. The maximum Gasteiger partial charge on any atom is 0.276 e. The summed E-state index contributed by atoms with van der Waals surface area (Å²) in [4.78, 5) is 4.28. The molecule has 2 N–H and O–H groups in total. The lowest BCUT2D eigenvalue weighted by atomic mass is 10.2.